The Hall–Kier alpha value is -3.33. The predicted molar refractivity (Wildman–Crippen MR) is 121 cm³/mol. The molecule has 0 saturated carbocycles. The van der Waals surface area contributed by atoms with E-state index in [-0.39, 0.29) is 29.4 Å². The highest BCUT2D eigenvalue weighted by atomic mass is 16.5. The van der Waals surface area contributed by atoms with E-state index in [4.69, 9.17) is 13.9 Å². The molecule has 2 aliphatic heterocycles. The number of esters is 1. The van der Waals surface area contributed by atoms with Gasteiger partial charge in [0.15, 0.2) is 0 Å². The van der Waals surface area contributed by atoms with Crippen LogP contribution < -0.4 is 10.3 Å². The van der Waals surface area contributed by atoms with Crippen LogP contribution in [0.3, 0.4) is 0 Å². The van der Waals surface area contributed by atoms with Gasteiger partial charge in [-0.05, 0) is 24.6 Å². The van der Waals surface area contributed by atoms with Gasteiger partial charge < -0.3 is 23.4 Å². The number of aromatic nitrogens is 1. The lowest BCUT2D eigenvalue weighted by molar-refractivity contribution is -0.128. The van der Waals surface area contributed by atoms with Gasteiger partial charge in [0.1, 0.15) is 23.7 Å². The van der Waals surface area contributed by atoms with Crippen LogP contribution in [-0.4, -0.2) is 72.7 Å². The number of pyridine rings is 1. The van der Waals surface area contributed by atoms with Crippen LogP contribution in [0.5, 0.6) is 5.75 Å². The minimum Gasteiger partial charge on any atom is -0.491 e. The van der Waals surface area contributed by atoms with E-state index in [1.54, 1.807) is 15.7 Å². The number of hydrogen-bond acceptors (Lipinski definition) is 7. The molecule has 0 bridgehead atoms. The second-order valence-corrected chi connectivity index (χ2v) is 8.11. The van der Waals surface area contributed by atoms with Crippen molar-refractivity contribution in [2.45, 2.75) is 25.8 Å². The van der Waals surface area contributed by atoms with Crippen LogP contribution in [0.4, 0.5) is 0 Å². The number of likely N-dealkylation sites (tertiary alicyclic amines) is 1. The summed E-state index contributed by atoms with van der Waals surface area (Å²) in [7, 11) is 1.32. The summed E-state index contributed by atoms with van der Waals surface area (Å²) in [5, 5.41) is 0. The maximum Gasteiger partial charge on any atom is 0.343 e. The van der Waals surface area contributed by atoms with Crippen molar-refractivity contribution in [3.8, 4) is 5.75 Å². The molecule has 1 saturated heterocycles. The topological polar surface area (TPSA) is 94.2 Å². The molecule has 1 fully saturated rings. The van der Waals surface area contributed by atoms with Gasteiger partial charge in [0.2, 0.25) is 5.91 Å². The number of furan rings is 1. The molecule has 0 atom stereocenters. The molecule has 0 spiro atoms. The van der Waals surface area contributed by atoms with Gasteiger partial charge in [-0.15, -0.1) is 0 Å². The Bertz CT molecular complexity index is 1070. The number of hydrogen-bond donors (Lipinski definition) is 0. The summed E-state index contributed by atoms with van der Waals surface area (Å²) >= 11 is 0. The summed E-state index contributed by atoms with van der Waals surface area (Å²) < 4.78 is 17.8. The summed E-state index contributed by atoms with van der Waals surface area (Å²) in [6.07, 6.45) is 7.48. The predicted octanol–water partition coefficient (Wildman–Crippen LogP) is 1.80. The molecule has 33 heavy (non-hydrogen) atoms. The minimum atomic E-state index is -0.530. The Morgan fingerprint density at radius 3 is 2.79 bits per heavy atom. The van der Waals surface area contributed by atoms with E-state index in [9.17, 15) is 14.4 Å². The quantitative estimate of drug-likeness (QED) is 0.560. The van der Waals surface area contributed by atoms with Crippen molar-refractivity contribution in [2.75, 3.05) is 46.4 Å². The van der Waals surface area contributed by atoms with E-state index in [0.29, 0.717) is 57.8 Å². The molecule has 4 rings (SSSR count). The van der Waals surface area contributed by atoms with Crippen LogP contribution in [0.15, 0.2) is 39.7 Å². The van der Waals surface area contributed by atoms with Gasteiger partial charge in [0, 0.05) is 57.3 Å². The van der Waals surface area contributed by atoms with Gasteiger partial charge in [0.25, 0.3) is 5.56 Å². The van der Waals surface area contributed by atoms with Gasteiger partial charge in [-0.2, -0.15) is 0 Å². The first-order valence-corrected chi connectivity index (χ1v) is 11.2. The molecule has 0 unspecified atom stereocenters. The summed E-state index contributed by atoms with van der Waals surface area (Å²) in [6.45, 7) is 3.86. The molecular formula is C24H29N3O6. The van der Waals surface area contributed by atoms with Crippen molar-refractivity contribution >= 4 is 18.0 Å². The fraction of sp³-hybridized carbons (Fsp3) is 0.458. The maximum absolute atomic E-state index is 12.9. The zero-order valence-corrected chi connectivity index (χ0v) is 18.8. The second-order valence-electron chi connectivity index (χ2n) is 8.11. The lowest BCUT2D eigenvalue weighted by atomic mass is 10.1. The molecule has 4 heterocycles. The largest absolute Gasteiger partial charge is 0.491 e. The molecule has 0 N–H and O–H groups in total. The Kier molecular flexibility index (Phi) is 7.29. The average Bonchev–Trinajstić information content (AvgIpc) is 3.42. The van der Waals surface area contributed by atoms with E-state index in [1.165, 1.54) is 13.2 Å². The number of ether oxygens (including phenoxy) is 2. The van der Waals surface area contributed by atoms with Crippen LogP contribution in [-0.2, 0) is 22.5 Å². The Morgan fingerprint density at radius 2 is 2.06 bits per heavy atom. The van der Waals surface area contributed by atoms with Crippen LogP contribution in [0.2, 0.25) is 0 Å². The van der Waals surface area contributed by atoms with Crippen molar-refractivity contribution in [3.63, 3.8) is 0 Å². The van der Waals surface area contributed by atoms with E-state index < -0.39 is 5.97 Å². The SMILES string of the molecule is COC(=O)c1c(OCCN2CCCC2=O)cc(=O)n2c1CCN(C/C=C/c1ccco1)CC2. The minimum absolute atomic E-state index is 0.106. The molecule has 1 amide bonds. The van der Waals surface area contributed by atoms with E-state index >= 15 is 0 Å². The molecule has 2 aliphatic rings. The van der Waals surface area contributed by atoms with Gasteiger partial charge >= 0.3 is 5.97 Å². The highest BCUT2D eigenvalue weighted by Crippen LogP contribution is 2.24. The monoisotopic (exact) mass is 455 g/mol. The van der Waals surface area contributed by atoms with E-state index in [1.807, 2.05) is 24.3 Å². The first-order chi connectivity index (χ1) is 16.1. The van der Waals surface area contributed by atoms with Crippen molar-refractivity contribution < 1.29 is 23.5 Å². The van der Waals surface area contributed by atoms with Crippen molar-refractivity contribution in [1.82, 2.24) is 14.4 Å². The van der Waals surface area contributed by atoms with Crippen LogP contribution in [0.1, 0.15) is 34.7 Å². The number of fused-ring (bicyclic) bond motifs is 1. The molecule has 9 heteroatoms. The van der Waals surface area contributed by atoms with Crippen molar-refractivity contribution in [2.24, 2.45) is 0 Å². The molecule has 0 radical (unpaired) electrons. The smallest absolute Gasteiger partial charge is 0.343 e. The lowest BCUT2D eigenvalue weighted by Crippen LogP contribution is -2.31. The molecule has 0 aromatic carbocycles. The standard InChI is InChI=1S/C24H29N3O6/c1-31-24(30)23-19-8-11-25(9-2-5-18-6-4-15-32-18)12-13-27(19)22(29)17-20(23)33-16-14-26-10-3-7-21(26)28/h2,4-6,15,17H,3,7-14,16H2,1H3/b5-2+. The number of nitrogens with zero attached hydrogens (tertiary/aromatic N) is 3. The summed E-state index contributed by atoms with van der Waals surface area (Å²) in [6, 6.07) is 5.08. The second kappa shape index (κ2) is 10.5. The Morgan fingerprint density at radius 1 is 1.18 bits per heavy atom. The van der Waals surface area contributed by atoms with Crippen LogP contribution >= 0.6 is 0 Å². The number of amides is 1. The third-order valence-electron chi connectivity index (χ3n) is 6.05. The van der Waals surface area contributed by atoms with Gasteiger partial charge in [-0.3, -0.25) is 14.5 Å². The molecule has 2 aromatic rings. The molecule has 0 aliphatic carbocycles. The molecule has 176 valence electrons. The number of carbonyl (C=O) groups is 2. The van der Waals surface area contributed by atoms with Crippen LogP contribution in [0.25, 0.3) is 6.08 Å². The summed E-state index contributed by atoms with van der Waals surface area (Å²) in [4.78, 5) is 41.3. The fourth-order valence-corrected chi connectivity index (χ4v) is 4.32. The van der Waals surface area contributed by atoms with Crippen LogP contribution in [0, 0.1) is 0 Å². The van der Waals surface area contributed by atoms with Crippen molar-refractivity contribution in [3.05, 3.63) is 57.9 Å². The third-order valence-corrected chi connectivity index (χ3v) is 6.05. The highest BCUT2D eigenvalue weighted by Gasteiger charge is 2.26. The zero-order chi connectivity index (χ0) is 23.2. The highest BCUT2D eigenvalue weighted by molar-refractivity contribution is 5.93. The summed E-state index contributed by atoms with van der Waals surface area (Å²) in [5.74, 6) is 0.581. The van der Waals surface area contributed by atoms with E-state index in [2.05, 4.69) is 4.90 Å². The van der Waals surface area contributed by atoms with Crippen molar-refractivity contribution in [1.29, 1.82) is 0 Å². The number of methoxy groups -OCH3 is 1. The first-order valence-electron chi connectivity index (χ1n) is 11.2. The Balaban J connectivity index is 1.49. The first kappa shape index (κ1) is 22.8. The Labute approximate surface area is 192 Å². The molecule has 9 nitrogen and oxygen atoms in total. The third kappa shape index (κ3) is 5.36. The molecular weight excluding hydrogens is 426 g/mol. The zero-order valence-electron chi connectivity index (χ0n) is 18.8. The number of rotatable bonds is 8. The average molecular weight is 456 g/mol. The fourth-order valence-electron chi connectivity index (χ4n) is 4.32. The van der Waals surface area contributed by atoms with Gasteiger partial charge in [-0.25, -0.2) is 4.79 Å². The van der Waals surface area contributed by atoms with Gasteiger partial charge in [0.05, 0.1) is 19.9 Å². The number of carbonyl (C=O) groups excluding carboxylic acids is 2. The van der Waals surface area contributed by atoms with E-state index in [0.717, 1.165) is 12.2 Å². The lowest BCUT2D eigenvalue weighted by Gasteiger charge is -2.19. The maximum atomic E-state index is 12.9. The normalized spacial score (nSPS) is 16.8. The molecule has 2 aromatic heterocycles. The summed E-state index contributed by atoms with van der Waals surface area (Å²) in [5.41, 5.74) is 0.704. The van der Waals surface area contributed by atoms with Gasteiger partial charge in [-0.1, -0.05) is 6.08 Å².